The zero-order chi connectivity index (χ0) is 38.4. The monoisotopic (exact) mass is 775 g/mol. The molecule has 14 heteroatoms. The predicted octanol–water partition coefficient (Wildman–Crippen LogP) is 6.08. The number of anilines is 2. The van der Waals surface area contributed by atoms with Crippen LogP contribution in [0.25, 0.3) is 10.9 Å². The Kier molecular flexibility index (Phi) is 9.79. The number of halogens is 1. The van der Waals surface area contributed by atoms with E-state index in [0.717, 1.165) is 93.7 Å². The average molecular weight is 776 g/mol. The first-order chi connectivity index (χ1) is 27.2. The van der Waals surface area contributed by atoms with Crippen molar-refractivity contribution in [3.8, 4) is 11.8 Å². The number of urea groups is 1. The summed E-state index contributed by atoms with van der Waals surface area (Å²) in [4.78, 5) is 43.8. The summed E-state index contributed by atoms with van der Waals surface area (Å²) in [6.07, 6.45) is 10.3. The number of nitriles is 1. The Balaban J connectivity index is 0.691. The topological polar surface area (TPSA) is 149 Å². The van der Waals surface area contributed by atoms with Crippen LogP contribution < -0.4 is 25.2 Å². The highest BCUT2D eigenvalue weighted by atomic mass is 35.5. The zero-order valence-corrected chi connectivity index (χ0v) is 32.1. The number of piperidine rings is 1. The van der Waals surface area contributed by atoms with Crippen molar-refractivity contribution in [1.29, 1.82) is 5.26 Å². The van der Waals surface area contributed by atoms with Gasteiger partial charge in [-0.1, -0.05) is 17.7 Å². The largest absolute Gasteiger partial charge is 0.490 e. The third kappa shape index (κ3) is 7.28. The predicted molar refractivity (Wildman–Crippen MR) is 212 cm³/mol. The number of nitrogens with one attached hydrogen (secondary N) is 2. The molecule has 56 heavy (non-hydrogen) atoms. The van der Waals surface area contributed by atoms with Crippen molar-refractivity contribution in [2.45, 2.75) is 76.0 Å². The quantitative estimate of drug-likeness (QED) is 0.207. The number of carbonyl (C=O) groups excluding carboxylic acids is 3. The van der Waals surface area contributed by atoms with Crippen LogP contribution in [0.3, 0.4) is 0 Å². The number of ether oxygens (including phenoxy) is 1. The van der Waals surface area contributed by atoms with E-state index >= 15 is 0 Å². The maximum atomic E-state index is 13.0. The molecule has 3 aliphatic heterocycles. The summed E-state index contributed by atoms with van der Waals surface area (Å²) in [5.74, 6) is 1.72. The number of benzene rings is 2. The minimum absolute atomic E-state index is 0.0377. The molecule has 0 bridgehead atoms. The van der Waals surface area contributed by atoms with Crippen LogP contribution in [0.4, 0.5) is 16.3 Å². The summed E-state index contributed by atoms with van der Waals surface area (Å²) in [5.41, 5.74) is 3.17. The van der Waals surface area contributed by atoms with Crippen molar-refractivity contribution in [1.82, 2.24) is 30.3 Å². The van der Waals surface area contributed by atoms with E-state index in [-0.39, 0.29) is 30.0 Å². The molecule has 3 saturated heterocycles. The third-order valence-electron chi connectivity index (χ3n) is 12.6. The number of hydrogen-bond acceptors (Lipinski definition) is 9. The van der Waals surface area contributed by atoms with E-state index < -0.39 is 0 Å². The molecule has 2 aliphatic carbocycles. The SMILES string of the molecule is N#Cc1ccc(OC2CCC(NC(=O)c3ccc(N4CCC(CN5CC6(CC(n7ccc8c(N9CCC(=O)NC9=O)cccc87)C6)C5)CC4)nn3)CC2)cc1Cl. The van der Waals surface area contributed by atoms with Crippen LogP contribution in [-0.4, -0.2) is 88.9 Å². The molecule has 2 N–H and O–H groups in total. The zero-order valence-electron chi connectivity index (χ0n) is 31.3. The molecule has 5 aliphatic rings. The van der Waals surface area contributed by atoms with Gasteiger partial charge in [0.25, 0.3) is 5.91 Å². The van der Waals surface area contributed by atoms with Gasteiger partial charge in [0.2, 0.25) is 5.91 Å². The highest BCUT2D eigenvalue weighted by Crippen LogP contribution is 2.55. The number of carbonyl (C=O) groups is 3. The molecule has 1 spiro atoms. The molecule has 0 radical (unpaired) electrons. The summed E-state index contributed by atoms with van der Waals surface area (Å²) in [5, 5.41) is 24.9. The minimum atomic E-state index is -0.347. The molecular weight excluding hydrogens is 730 g/mol. The van der Waals surface area contributed by atoms with Crippen LogP contribution in [0.2, 0.25) is 5.02 Å². The van der Waals surface area contributed by atoms with Gasteiger partial charge in [-0.2, -0.15) is 5.26 Å². The van der Waals surface area contributed by atoms with Crippen LogP contribution in [0.5, 0.6) is 5.75 Å². The molecule has 2 saturated carbocycles. The number of imide groups is 1. The first kappa shape index (κ1) is 36.4. The van der Waals surface area contributed by atoms with E-state index in [0.29, 0.717) is 52.4 Å². The summed E-state index contributed by atoms with van der Waals surface area (Å²) in [6.45, 7) is 5.73. The van der Waals surface area contributed by atoms with Crippen molar-refractivity contribution in [3.63, 3.8) is 0 Å². The van der Waals surface area contributed by atoms with Gasteiger partial charge in [0, 0.05) is 75.4 Å². The number of rotatable bonds is 9. The lowest BCUT2D eigenvalue weighted by molar-refractivity contribution is -0.120. The molecule has 0 atom stereocenters. The van der Waals surface area contributed by atoms with Gasteiger partial charge >= 0.3 is 6.03 Å². The lowest BCUT2D eigenvalue weighted by atomic mass is 9.60. The Labute approximate surface area is 330 Å². The van der Waals surface area contributed by atoms with E-state index in [9.17, 15) is 14.4 Å². The van der Waals surface area contributed by atoms with Crippen molar-refractivity contribution in [2.24, 2.45) is 11.3 Å². The first-order valence-corrected chi connectivity index (χ1v) is 20.3. The molecule has 4 aromatic rings. The highest BCUT2D eigenvalue weighted by Gasteiger charge is 2.53. The summed E-state index contributed by atoms with van der Waals surface area (Å²) >= 11 is 6.15. The number of hydrogen-bond donors (Lipinski definition) is 2. The Morgan fingerprint density at radius 3 is 2.50 bits per heavy atom. The van der Waals surface area contributed by atoms with Gasteiger partial charge < -0.3 is 24.4 Å². The van der Waals surface area contributed by atoms with E-state index in [2.05, 4.69) is 59.6 Å². The Hall–Kier alpha value is -5.19. The molecule has 13 nitrogen and oxygen atoms in total. The number of fused-ring (bicyclic) bond motifs is 1. The third-order valence-corrected chi connectivity index (χ3v) is 13.0. The highest BCUT2D eigenvalue weighted by molar-refractivity contribution is 6.31. The van der Waals surface area contributed by atoms with Crippen molar-refractivity contribution >= 4 is 51.9 Å². The van der Waals surface area contributed by atoms with Crippen molar-refractivity contribution < 1.29 is 19.1 Å². The molecule has 5 fully saturated rings. The van der Waals surface area contributed by atoms with Crippen LogP contribution >= 0.6 is 11.6 Å². The molecular formula is C42H46ClN9O4. The lowest BCUT2D eigenvalue weighted by Gasteiger charge is -2.60. The minimum Gasteiger partial charge on any atom is -0.490 e. The van der Waals surface area contributed by atoms with Crippen molar-refractivity contribution in [2.75, 3.05) is 49.1 Å². The smallest absolute Gasteiger partial charge is 0.328 e. The van der Waals surface area contributed by atoms with Gasteiger partial charge in [0.15, 0.2) is 11.5 Å². The Bertz CT molecular complexity index is 2170. The van der Waals surface area contributed by atoms with Gasteiger partial charge in [0.05, 0.1) is 27.9 Å². The summed E-state index contributed by atoms with van der Waals surface area (Å²) in [6, 6.07) is 19.3. The van der Waals surface area contributed by atoms with Crippen LogP contribution in [-0.2, 0) is 4.79 Å². The van der Waals surface area contributed by atoms with E-state index in [1.807, 2.05) is 18.2 Å². The van der Waals surface area contributed by atoms with Crippen LogP contribution in [0.1, 0.15) is 79.9 Å². The summed E-state index contributed by atoms with van der Waals surface area (Å²) < 4.78 is 8.48. The normalized spacial score (nSPS) is 23.0. The number of amides is 4. The summed E-state index contributed by atoms with van der Waals surface area (Å²) in [7, 11) is 0. The average Bonchev–Trinajstić information content (AvgIpc) is 3.61. The van der Waals surface area contributed by atoms with E-state index in [4.69, 9.17) is 21.6 Å². The number of likely N-dealkylation sites (tertiary alicyclic amines) is 1. The molecule has 4 amide bonds. The second kappa shape index (κ2) is 15.0. The second-order valence-corrected chi connectivity index (χ2v) is 16.9. The number of nitrogens with zero attached hydrogens (tertiary/aromatic N) is 7. The number of aromatic nitrogens is 3. The van der Waals surface area contributed by atoms with Gasteiger partial charge in [-0.3, -0.25) is 19.8 Å². The molecule has 2 aromatic carbocycles. The maximum absolute atomic E-state index is 13.0. The fraction of sp³-hybridized carbons (Fsp3) is 0.476. The van der Waals surface area contributed by atoms with Gasteiger partial charge in [-0.15, -0.1) is 10.2 Å². The maximum Gasteiger partial charge on any atom is 0.328 e. The Morgan fingerprint density at radius 2 is 1.79 bits per heavy atom. The molecule has 2 aromatic heterocycles. The fourth-order valence-corrected chi connectivity index (χ4v) is 9.92. The molecule has 9 rings (SSSR count). The van der Waals surface area contributed by atoms with Crippen LogP contribution in [0, 0.1) is 22.7 Å². The van der Waals surface area contributed by atoms with Crippen molar-refractivity contribution in [3.05, 3.63) is 77.1 Å². The van der Waals surface area contributed by atoms with Gasteiger partial charge in [-0.05, 0) is 105 Å². The lowest BCUT2D eigenvalue weighted by Crippen LogP contribution is -2.63. The van der Waals surface area contributed by atoms with Gasteiger partial charge in [-0.25, -0.2) is 4.79 Å². The van der Waals surface area contributed by atoms with E-state index in [1.165, 1.54) is 12.8 Å². The van der Waals surface area contributed by atoms with Crippen LogP contribution in [0.15, 0.2) is 60.8 Å². The standard InChI is InChI=1S/C42H46ClN9O4/c43-34-20-32(7-4-28(34)23-44)56-31-8-5-29(6-9-31)45-40(54)35-10-11-38(48-47-35)50-16-12-27(13-17-50)24-49-25-42(26-49)21-30(22-42)51-18-14-33-36(51)2-1-3-37(33)52-19-15-39(53)46-41(52)55/h1-4,7,10-11,14,18,20,27,29-31H,5-6,8-9,12-13,15-17,19,21-22,24-26H2,(H,45,54)(H,46,53,55). The molecule has 290 valence electrons. The first-order valence-electron chi connectivity index (χ1n) is 19.9. The van der Waals surface area contributed by atoms with Gasteiger partial charge in [0.1, 0.15) is 11.8 Å². The van der Waals surface area contributed by atoms with E-state index in [1.54, 1.807) is 29.2 Å². The Morgan fingerprint density at radius 1 is 0.982 bits per heavy atom. The molecule has 5 heterocycles. The second-order valence-electron chi connectivity index (χ2n) is 16.4. The molecule has 0 unspecified atom stereocenters. The fourth-order valence-electron chi connectivity index (χ4n) is 9.71.